The second kappa shape index (κ2) is 10.1. The molecule has 1 aliphatic rings. The molecule has 164 valence electrons. The predicted octanol–water partition coefficient (Wildman–Crippen LogP) is 6.52. The van der Waals surface area contributed by atoms with E-state index in [0.29, 0.717) is 46.8 Å². The minimum atomic E-state index is -0.798. The van der Waals surface area contributed by atoms with E-state index in [2.05, 4.69) is 4.98 Å². The van der Waals surface area contributed by atoms with Gasteiger partial charge in [0.2, 0.25) is 0 Å². The average Bonchev–Trinajstić information content (AvgIpc) is 3.37. The number of thioether (sulfide) groups is 1. The second-order valence-corrected chi connectivity index (χ2v) is 9.61. The summed E-state index contributed by atoms with van der Waals surface area (Å²) < 4.78 is 27.8. The molecule has 9 heteroatoms. The molecule has 2 aromatic carbocycles. The summed E-state index contributed by atoms with van der Waals surface area (Å²) in [5, 5.41) is 1.53. The maximum atomic E-state index is 13.2. The molecular weight excluding hydrogens is 482 g/mol. The van der Waals surface area contributed by atoms with Gasteiger partial charge in [0.05, 0.1) is 35.6 Å². The van der Waals surface area contributed by atoms with Crippen LogP contribution in [0.4, 0.5) is 4.39 Å². The molecule has 1 aliphatic heterocycles. The van der Waals surface area contributed by atoms with Gasteiger partial charge in [0, 0.05) is 34.5 Å². The van der Waals surface area contributed by atoms with Gasteiger partial charge < -0.3 is 14.0 Å². The largest absolute Gasteiger partial charge is 0.345 e. The smallest absolute Gasteiger partial charge is 0.187 e. The van der Waals surface area contributed by atoms with E-state index in [1.165, 1.54) is 23.9 Å². The highest BCUT2D eigenvalue weighted by Crippen LogP contribution is 2.39. The summed E-state index contributed by atoms with van der Waals surface area (Å²) in [6.07, 6.45) is 6.53. The molecule has 0 aliphatic carbocycles. The Balaban J connectivity index is 1.43. The van der Waals surface area contributed by atoms with E-state index in [-0.39, 0.29) is 11.9 Å². The van der Waals surface area contributed by atoms with E-state index in [1.54, 1.807) is 36.8 Å². The van der Waals surface area contributed by atoms with Crippen molar-refractivity contribution >= 4 is 46.6 Å². The Hall–Kier alpha value is -1.28. The standard InChI is InChI=1S/C22H20Cl3FN2O2S/c23-16-9-19(24)21(20(25)10-16)31-12-18-11-29-22(30-18,13-28-8-7-27-14-28)6-5-15-1-3-17(26)4-2-15/h1-4,7-10,14,18H,5-6,11-13H2. The Bertz CT molecular complexity index is 997. The second-order valence-electron chi connectivity index (χ2n) is 7.33. The first-order chi connectivity index (χ1) is 14.9. The summed E-state index contributed by atoms with van der Waals surface area (Å²) in [6.45, 7) is 0.964. The monoisotopic (exact) mass is 500 g/mol. The lowest BCUT2D eigenvalue weighted by molar-refractivity contribution is -0.180. The topological polar surface area (TPSA) is 36.3 Å². The summed E-state index contributed by atoms with van der Waals surface area (Å²) in [7, 11) is 0. The van der Waals surface area contributed by atoms with Gasteiger partial charge in [-0.3, -0.25) is 0 Å². The summed E-state index contributed by atoms with van der Waals surface area (Å²) in [4.78, 5) is 4.88. The highest BCUT2D eigenvalue weighted by atomic mass is 35.5. The number of imidazole rings is 1. The van der Waals surface area contributed by atoms with Gasteiger partial charge in [-0.2, -0.15) is 0 Å². The molecule has 2 heterocycles. The van der Waals surface area contributed by atoms with E-state index in [0.717, 1.165) is 10.5 Å². The van der Waals surface area contributed by atoms with Crippen molar-refractivity contribution in [3.8, 4) is 0 Å². The van der Waals surface area contributed by atoms with Crippen LogP contribution in [0, 0.1) is 5.82 Å². The van der Waals surface area contributed by atoms with Crippen molar-refractivity contribution in [2.75, 3.05) is 12.4 Å². The third-order valence-corrected chi connectivity index (χ3v) is 7.29. The molecule has 0 spiro atoms. The van der Waals surface area contributed by atoms with Crippen molar-refractivity contribution in [2.45, 2.75) is 36.2 Å². The van der Waals surface area contributed by atoms with Crippen LogP contribution in [0.3, 0.4) is 0 Å². The number of hydrogen-bond donors (Lipinski definition) is 0. The number of rotatable bonds is 8. The van der Waals surface area contributed by atoms with Gasteiger partial charge in [0.15, 0.2) is 5.79 Å². The molecular formula is C22H20Cl3FN2O2S. The third kappa shape index (κ3) is 5.95. The lowest BCUT2D eigenvalue weighted by Gasteiger charge is -2.28. The van der Waals surface area contributed by atoms with Crippen LogP contribution >= 0.6 is 46.6 Å². The molecule has 2 unspecified atom stereocenters. The number of nitrogens with zero attached hydrogens (tertiary/aromatic N) is 2. The molecule has 1 saturated heterocycles. The molecule has 4 nitrogen and oxygen atoms in total. The molecule has 0 bridgehead atoms. The van der Waals surface area contributed by atoms with Crippen molar-refractivity contribution in [3.05, 3.63) is 81.6 Å². The first kappa shape index (κ1) is 22.9. The Morgan fingerprint density at radius 2 is 1.90 bits per heavy atom. The minimum Gasteiger partial charge on any atom is -0.345 e. The van der Waals surface area contributed by atoms with Crippen LogP contribution in [0.1, 0.15) is 12.0 Å². The van der Waals surface area contributed by atoms with Gasteiger partial charge in [0.25, 0.3) is 0 Å². The Labute approximate surface area is 199 Å². The van der Waals surface area contributed by atoms with Gasteiger partial charge in [0.1, 0.15) is 5.82 Å². The third-order valence-electron chi connectivity index (χ3n) is 4.98. The zero-order valence-corrected chi connectivity index (χ0v) is 19.5. The number of hydrogen-bond acceptors (Lipinski definition) is 4. The van der Waals surface area contributed by atoms with Crippen LogP contribution in [-0.2, 0) is 22.4 Å². The van der Waals surface area contributed by atoms with Crippen LogP contribution in [0.2, 0.25) is 15.1 Å². The number of aromatic nitrogens is 2. The highest BCUT2D eigenvalue weighted by molar-refractivity contribution is 7.99. The zero-order valence-electron chi connectivity index (χ0n) is 16.4. The van der Waals surface area contributed by atoms with Crippen molar-refractivity contribution in [1.82, 2.24) is 9.55 Å². The lowest BCUT2D eigenvalue weighted by Crippen LogP contribution is -2.37. The quantitative estimate of drug-likeness (QED) is 0.329. The molecule has 4 rings (SSSR count). The summed E-state index contributed by atoms with van der Waals surface area (Å²) in [5.74, 6) is -0.418. The van der Waals surface area contributed by atoms with E-state index >= 15 is 0 Å². The normalized spacial score (nSPS) is 21.0. The number of benzene rings is 2. The Morgan fingerprint density at radius 3 is 2.58 bits per heavy atom. The van der Waals surface area contributed by atoms with E-state index in [9.17, 15) is 4.39 Å². The molecule has 1 aromatic heterocycles. The highest BCUT2D eigenvalue weighted by Gasteiger charge is 2.41. The van der Waals surface area contributed by atoms with Crippen LogP contribution in [0.15, 0.2) is 60.0 Å². The van der Waals surface area contributed by atoms with Crippen molar-refractivity contribution in [2.24, 2.45) is 0 Å². The van der Waals surface area contributed by atoms with Crippen LogP contribution in [0.25, 0.3) is 0 Å². The average molecular weight is 502 g/mol. The fraction of sp³-hybridized carbons (Fsp3) is 0.318. The van der Waals surface area contributed by atoms with E-state index in [1.807, 2.05) is 10.8 Å². The van der Waals surface area contributed by atoms with Gasteiger partial charge >= 0.3 is 0 Å². The number of ether oxygens (including phenoxy) is 2. The molecule has 0 saturated carbocycles. The van der Waals surface area contributed by atoms with Crippen LogP contribution < -0.4 is 0 Å². The van der Waals surface area contributed by atoms with Crippen molar-refractivity contribution < 1.29 is 13.9 Å². The fourth-order valence-electron chi connectivity index (χ4n) is 3.48. The SMILES string of the molecule is Fc1ccc(CCC2(Cn3ccnc3)OCC(CSc3c(Cl)cc(Cl)cc3Cl)O2)cc1. The molecule has 31 heavy (non-hydrogen) atoms. The molecule has 0 N–H and O–H groups in total. The zero-order chi connectivity index (χ0) is 21.8. The first-order valence-corrected chi connectivity index (χ1v) is 11.8. The van der Waals surface area contributed by atoms with Gasteiger partial charge in [-0.25, -0.2) is 9.37 Å². The maximum Gasteiger partial charge on any atom is 0.187 e. The van der Waals surface area contributed by atoms with Gasteiger partial charge in [-0.1, -0.05) is 46.9 Å². The molecule has 2 atom stereocenters. The maximum absolute atomic E-state index is 13.2. The Morgan fingerprint density at radius 1 is 1.16 bits per heavy atom. The van der Waals surface area contributed by atoms with Gasteiger partial charge in [-0.15, -0.1) is 11.8 Å². The molecule has 0 radical (unpaired) electrons. The van der Waals surface area contributed by atoms with Crippen LogP contribution in [-0.4, -0.2) is 33.8 Å². The molecule has 0 amide bonds. The summed E-state index contributed by atoms with van der Waals surface area (Å²) >= 11 is 20.1. The lowest BCUT2D eigenvalue weighted by atomic mass is 10.0. The van der Waals surface area contributed by atoms with E-state index in [4.69, 9.17) is 44.3 Å². The first-order valence-electron chi connectivity index (χ1n) is 9.72. The van der Waals surface area contributed by atoms with Crippen LogP contribution in [0.5, 0.6) is 0 Å². The molecule has 1 fully saturated rings. The Kier molecular flexibility index (Phi) is 7.47. The minimum absolute atomic E-state index is 0.135. The van der Waals surface area contributed by atoms with Crippen molar-refractivity contribution in [3.63, 3.8) is 0 Å². The van der Waals surface area contributed by atoms with Crippen molar-refractivity contribution in [1.29, 1.82) is 0 Å². The number of aryl methyl sites for hydroxylation is 1. The fourth-order valence-corrected chi connectivity index (χ4v) is 5.53. The summed E-state index contributed by atoms with van der Waals surface area (Å²) in [5.41, 5.74) is 1.02. The summed E-state index contributed by atoms with van der Waals surface area (Å²) in [6, 6.07) is 9.85. The molecule has 3 aromatic rings. The predicted molar refractivity (Wildman–Crippen MR) is 123 cm³/mol. The number of halogens is 4. The van der Waals surface area contributed by atoms with Gasteiger partial charge in [-0.05, 0) is 36.2 Å². The van der Waals surface area contributed by atoms with E-state index < -0.39 is 5.79 Å².